The van der Waals surface area contributed by atoms with Crippen LogP contribution >= 0.6 is 0 Å². The van der Waals surface area contributed by atoms with Crippen LogP contribution in [0.5, 0.6) is 0 Å². The Morgan fingerprint density at radius 1 is 1.08 bits per heavy atom. The minimum atomic E-state index is -0.323. The number of hydrogen-bond donors (Lipinski definition) is 1. The highest BCUT2D eigenvalue weighted by Gasteiger charge is 2.28. The van der Waals surface area contributed by atoms with E-state index in [1.807, 2.05) is 45.0 Å². The van der Waals surface area contributed by atoms with Crippen LogP contribution in [0.15, 0.2) is 58.5 Å². The average Bonchev–Trinajstić information content (AvgIpc) is 2.78. The summed E-state index contributed by atoms with van der Waals surface area (Å²) in [6.45, 7) is 5.69. The van der Waals surface area contributed by atoms with Gasteiger partial charge in [0.1, 0.15) is 11.7 Å². The number of nitrogens with zero attached hydrogens (tertiary/aromatic N) is 2. The molecule has 0 aromatic heterocycles. The van der Waals surface area contributed by atoms with Crippen molar-refractivity contribution in [1.29, 1.82) is 0 Å². The summed E-state index contributed by atoms with van der Waals surface area (Å²) < 4.78 is 13.4. The number of aliphatic imine (C=N–C) groups is 2. The third-order valence-electron chi connectivity index (χ3n) is 4.33. The van der Waals surface area contributed by atoms with Crippen LogP contribution in [0, 0.1) is 11.7 Å². The van der Waals surface area contributed by atoms with Gasteiger partial charge in [-0.3, -0.25) is 9.79 Å². The molecule has 0 unspecified atom stereocenters. The first-order chi connectivity index (χ1) is 12.5. The van der Waals surface area contributed by atoms with Gasteiger partial charge in [0.2, 0.25) is 5.91 Å². The Hall–Kier alpha value is -2.82. The molecular weight excluding hydrogens is 329 g/mol. The van der Waals surface area contributed by atoms with E-state index in [1.54, 1.807) is 12.1 Å². The molecule has 0 aliphatic carbocycles. The van der Waals surface area contributed by atoms with Gasteiger partial charge in [-0.2, -0.15) is 0 Å². The van der Waals surface area contributed by atoms with Gasteiger partial charge >= 0.3 is 0 Å². The molecule has 134 valence electrons. The smallest absolute Gasteiger partial charge is 0.227 e. The van der Waals surface area contributed by atoms with Crippen molar-refractivity contribution in [3.05, 3.63) is 59.9 Å². The van der Waals surface area contributed by atoms with Crippen LogP contribution in [0.2, 0.25) is 0 Å². The molecule has 0 saturated carbocycles. The van der Waals surface area contributed by atoms with Gasteiger partial charge in [-0.1, -0.05) is 45.0 Å². The lowest BCUT2D eigenvalue weighted by atomic mass is 9.90. The molecule has 2 aromatic rings. The molecule has 2 aromatic carbocycles. The summed E-state index contributed by atoms with van der Waals surface area (Å²) in [5, 5.41) is 2.96. The van der Waals surface area contributed by atoms with Gasteiger partial charge in [0, 0.05) is 11.6 Å². The maximum atomic E-state index is 13.4. The van der Waals surface area contributed by atoms with Gasteiger partial charge in [-0.05, 0) is 36.2 Å². The Balaban J connectivity index is 2.16. The molecule has 3 rings (SSSR count). The quantitative estimate of drug-likeness (QED) is 0.839. The molecule has 1 amide bonds. The van der Waals surface area contributed by atoms with Crippen LogP contribution in [-0.4, -0.2) is 17.5 Å². The highest BCUT2D eigenvalue weighted by Crippen LogP contribution is 2.35. The van der Waals surface area contributed by atoms with Gasteiger partial charge in [0.15, 0.2) is 0 Å². The van der Waals surface area contributed by atoms with E-state index in [4.69, 9.17) is 9.98 Å². The van der Waals surface area contributed by atoms with E-state index in [2.05, 4.69) is 5.32 Å². The Bertz CT molecular complexity index is 869. The molecule has 0 spiro atoms. The normalized spacial score (nSPS) is 16.4. The lowest BCUT2D eigenvalue weighted by Gasteiger charge is -2.21. The number of halogens is 1. The number of amides is 1. The zero-order valence-corrected chi connectivity index (χ0v) is 15.2. The van der Waals surface area contributed by atoms with Crippen LogP contribution in [0.25, 0.3) is 0 Å². The summed E-state index contributed by atoms with van der Waals surface area (Å²) in [5.41, 5.74) is 3.21. The van der Waals surface area contributed by atoms with E-state index in [0.29, 0.717) is 17.9 Å². The SMILES string of the molecule is CCC1=Nc2ccccc2N=C(NC(=O)C(C)C)[C@@H]1c1ccc(F)cc1. The molecule has 1 atom stereocenters. The van der Waals surface area contributed by atoms with Crippen LogP contribution in [0.3, 0.4) is 0 Å². The summed E-state index contributed by atoms with van der Waals surface area (Å²) in [4.78, 5) is 21.9. The molecule has 1 aliphatic rings. The van der Waals surface area contributed by atoms with E-state index >= 15 is 0 Å². The maximum Gasteiger partial charge on any atom is 0.227 e. The molecule has 0 bridgehead atoms. The zero-order chi connectivity index (χ0) is 18.7. The van der Waals surface area contributed by atoms with Crippen molar-refractivity contribution in [2.24, 2.45) is 15.9 Å². The Morgan fingerprint density at radius 3 is 2.27 bits per heavy atom. The third-order valence-corrected chi connectivity index (χ3v) is 4.33. The van der Waals surface area contributed by atoms with E-state index in [9.17, 15) is 9.18 Å². The van der Waals surface area contributed by atoms with Crippen molar-refractivity contribution >= 4 is 28.8 Å². The molecule has 4 nitrogen and oxygen atoms in total. The first-order valence-corrected chi connectivity index (χ1v) is 8.81. The van der Waals surface area contributed by atoms with Gasteiger partial charge in [-0.15, -0.1) is 0 Å². The molecule has 5 heteroatoms. The lowest BCUT2D eigenvalue weighted by Crippen LogP contribution is -2.39. The predicted octanol–water partition coefficient (Wildman–Crippen LogP) is 4.91. The number of fused-ring (bicyclic) bond motifs is 1. The molecule has 0 fully saturated rings. The number of carbonyl (C=O) groups is 1. The number of para-hydroxylation sites is 2. The van der Waals surface area contributed by atoms with Crippen molar-refractivity contribution in [2.45, 2.75) is 33.1 Å². The standard InChI is InChI=1S/C21H22FN3O/c1-4-16-19(14-9-11-15(22)12-10-14)20(25-21(26)13(2)3)24-18-8-6-5-7-17(18)23-16/h5-13,19H,4H2,1-3H3,(H,24,25,26)/t19-/m1/s1. The highest BCUT2D eigenvalue weighted by atomic mass is 19.1. The largest absolute Gasteiger partial charge is 0.313 e. The molecular formula is C21H22FN3O. The highest BCUT2D eigenvalue weighted by molar-refractivity contribution is 6.17. The van der Waals surface area contributed by atoms with Crippen LogP contribution in [0.1, 0.15) is 38.7 Å². The van der Waals surface area contributed by atoms with Crippen LogP contribution in [0.4, 0.5) is 15.8 Å². The number of rotatable bonds is 3. The lowest BCUT2D eigenvalue weighted by molar-refractivity contribution is -0.122. The predicted molar refractivity (Wildman–Crippen MR) is 103 cm³/mol. The minimum Gasteiger partial charge on any atom is -0.313 e. The Kier molecular flexibility index (Phi) is 5.26. The van der Waals surface area contributed by atoms with Gasteiger partial charge in [0.05, 0.1) is 17.3 Å². The average molecular weight is 351 g/mol. The van der Waals surface area contributed by atoms with Crippen molar-refractivity contribution in [3.63, 3.8) is 0 Å². The number of hydrogen-bond acceptors (Lipinski definition) is 3. The zero-order valence-electron chi connectivity index (χ0n) is 15.2. The summed E-state index contributed by atoms with van der Waals surface area (Å²) in [6, 6.07) is 13.9. The van der Waals surface area contributed by atoms with E-state index < -0.39 is 0 Å². The Morgan fingerprint density at radius 2 is 1.69 bits per heavy atom. The monoisotopic (exact) mass is 351 g/mol. The van der Waals surface area contributed by atoms with Gasteiger partial charge in [0.25, 0.3) is 0 Å². The summed E-state index contributed by atoms with van der Waals surface area (Å²) in [7, 11) is 0. The van der Waals surface area contributed by atoms with Gasteiger partial charge in [-0.25, -0.2) is 9.38 Å². The maximum absolute atomic E-state index is 13.4. The number of benzene rings is 2. The second-order valence-electron chi connectivity index (χ2n) is 6.57. The van der Waals surface area contributed by atoms with Crippen molar-refractivity contribution in [1.82, 2.24) is 5.32 Å². The molecule has 0 saturated heterocycles. The molecule has 1 heterocycles. The fourth-order valence-corrected chi connectivity index (χ4v) is 2.88. The fraction of sp³-hybridized carbons (Fsp3) is 0.286. The summed E-state index contributed by atoms with van der Waals surface area (Å²) in [6.07, 6.45) is 0.687. The van der Waals surface area contributed by atoms with Crippen LogP contribution < -0.4 is 5.32 Å². The fourth-order valence-electron chi connectivity index (χ4n) is 2.88. The second-order valence-corrected chi connectivity index (χ2v) is 6.57. The van der Waals surface area contributed by atoms with E-state index in [-0.39, 0.29) is 23.6 Å². The number of carbonyl (C=O) groups excluding carboxylic acids is 1. The molecule has 26 heavy (non-hydrogen) atoms. The van der Waals surface area contributed by atoms with Crippen molar-refractivity contribution in [3.8, 4) is 0 Å². The number of nitrogens with one attached hydrogen (secondary N) is 1. The third kappa shape index (κ3) is 3.72. The molecule has 1 aliphatic heterocycles. The van der Waals surface area contributed by atoms with Crippen molar-refractivity contribution in [2.75, 3.05) is 0 Å². The first-order valence-electron chi connectivity index (χ1n) is 8.81. The summed E-state index contributed by atoms with van der Waals surface area (Å²) in [5.74, 6) is -0.375. The Labute approximate surface area is 152 Å². The van der Waals surface area contributed by atoms with E-state index in [0.717, 1.165) is 17.0 Å². The second kappa shape index (κ2) is 7.60. The number of amidine groups is 1. The van der Waals surface area contributed by atoms with Crippen LogP contribution in [-0.2, 0) is 4.79 Å². The minimum absolute atomic E-state index is 0.106. The first kappa shape index (κ1) is 18.0. The summed E-state index contributed by atoms with van der Waals surface area (Å²) >= 11 is 0. The van der Waals surface area contributed by atoms with Crippen molar-refractivity contribution < 1.29 is 9.18 Å². The van der Waals surface area contributed by atoms with Gasteiger partial charge < -0.3 is 5.32 Å². The topological polar surface area (TPSA) is 53.8 Å². The molecule has 1 N–H and O–H groups in total. The molecule has 0 radical (unpaired) electrons. The van der Waals surface area contributed by atoms with E-state index in [1.165, 1.54) is 12.1 Å².